The molecule has 0 radical (unpaired) electrons. The summed E-state index contributed by atoms with van der Waals surface area (Å²) in [6, 6.07) is 4.27. The molecule has 2 N–H and O–H groups in total. The third kappa shape index (κ3) is 2.12. The van der Waals surface area contributed by atoms with Crippen LogP contribution >= 0.6 is 0 Å². The van der Waals surface area contributed by atoms with Crippen molar-refractivity contribution in [3.8, 4) is 5.75 Å². The van der Waals surface area contributed by atoms with E-state index in [9.17, 15) is 4.39 Å². The van der Waals surface area contributed by atoms with E-state index in [2.05, 4.69) is 5.32 Å². The van der Waals surface area contributed by atoms with Gasteiger partial charge in [0.1, 0.15) is 0 Å². The first-order valence-electron chi connectivity index (χ1n) is 3.96. The Bertz CT molecular complexity index is 263. The lowest BCUT2D eigenvalue weighted by molar-refractivity contribution is 0.432. The molecule has 0 spiro atoms. The van der Waals surface area contributed by atoms with Gasteiger partial charge in [0.15, 0.2) is 11.6 Å². The number of phenolic OH excluding ortho intramolecular Hbond substituents is 1. The summed E-state index contributed by atoms with van der Waals surface area (Å²) >= 11 is 0. The van der Waals surface area contributed by atoms with Gasteiger partial charge in [0.2, 0.25) is 0 Å². The monoisotopic (exact) mass is 169 g/mol. The van der Waals surface area contributed by atoms with Crippen molar-refractivity contribution in [2.75, 3.05) is 11.9 Å². The Morgan fingerprint density at radius 3 is 2.83 bits per heavy atom. The molecular weight excluding hydrogens is 157 g/mol. The van der Waals surface area contributed by atoms with Gasteiger partial charge in [-0.1, -0.05) is 6.92 Å². The van der Waals surface area contributed by atoms with Crippen LogP contribution in [0.4, 0.5) is 10.1 Å². The van der Waals surface area contributed by atoms with Crippen LogP contribution in [0.5, 0.6) is 5.75 Å². The molecule has 0 aliphatic carbocycles. The molecule has 0 aromatic heterocycles. The van der Waals surface area contributed by atoms with Crippen LogP contribution in [0.1, 0.15) is 13.3 Å². The largest absolute Gasteiger partial charge is 0.505 e. The van der Waals surface area contributed by atoms with Gasteiger partial charge in [-0.05, 0) is 18.6 Å². The number of rotatable bonds is 3. The minimum absolute atomic E-state index is 0.308. The Kier molecular flexibility index (Phi) is 2.91. The Hall–Kier alpha value is -1.25. The fourth-order valence-corrected chi connectivity index (χ4v) is 0.886. The van der Waals surface area contributed by atoms with E-state index >= 15 is 0 Å². The molecule has 0 saturated carbocycles. The van der Waals surface area contributed by atoms with Crippen LogP contribution < -0.4 is 5.32 Å². The highest BCUT2D eigenvalue weighted by Gasteiger charge is 1.99. The number of anilines is 1. The Morgan fingerprint density at radius 1 is 1.50 bits per heavy atom. The molecular formula is C9H12FNO. The van der Waals surface area contributed by atoms with Crippen molar-refractivity contribution in [1.29, 1.82) is 0 Å². The molecule has 0 atom stereocenters. The first-order chi connectivity index (χ1) is 5.74. The number of aromatic hydroxyl groups is 1. The fraction of sp³-hybridized carbons (Fsp3) is 0.333. The fourth-order valence-electron chi connectivity index (χ4n) is 0.886. The predicted molar refractivity (Wildman–Crippen MR) is 46.8 cm³/mol. The lowest BCUT2D eigenvalue weighted by Crippen LogP contribution is -1.99. The van der Waals surface area contributed by atoms with Crippen molar-refractivity contribution in [2.24, 2.45) is 0 Å². The van der Waals surface area contributed by atoms with Crippen LogP contribution in [0.3, 0.4) is 0 Å². The Morgan fingerprint density at radius 2 is 2.25 bits per heavy atom. The van der Waals surface area contributed by atoms with Gasteiger partial charge in [0, 0.05) is 18.3 Å². The van der Waals surface area contributed by atoms with Gasteiger partial charge < -0.3 is 10.4 Å². The smallest absolute Gasteiger partial charge is 0.166 e. The summed E-state index contributed by atoms with van der Waals surface area (Å²) < 4.78 is 12.7. The molecule has 0 aliphatic heterocycles. The van der Waals surface area contributed by atoms with Crippen molar-refractivity contribution in [1.82, 2.24) is 0 Å². The SMILES string of the molecule is CCCNc1ccc(O)c(F)c1. The summed E-state index contributed by atoms with van der Waals surface area (Å²) in [7, 11) is 0. The molecule has 0 fully saturated rings. The van der Waals surface area contributed by atoms with Gasteiger partial charge in [0.05, 0.1) is 0 Å². The molecule has 0 heterocycles. The van der Waals surface area contributed by atoms with Crippen molar-refractivity contribution < 1.29 is 9.50 Å². The zero-order chi connectivity index (χ0) is 8.97. The molecule has 1 aromatic carbocycles. The minimum atomic E-state index is -0.587. The van der Waals surface area contributed by atoms with E-state index in [4.69, 9.17) is 5.11 Å². The summed E-state index contributed by atoms with van der Waals surface area (Å²) in [6.45, 7) is 2.84. The molecule has 2 nitrogen and oxygen atoms in total. The zero-order valence-corrected chi connectivity index (χ0v) is 6.97. The normalized spacial score (nSPS) is 9.83. The first kappa shape index (κ1) is 8.84. The quantitative estimate of drug-likeness (QED) is 0.681. The maximum Gasteiger partial charge on any atom is 0.166 e. The van der Waals surface area contributed by atoms with Gasteiger partial charge >= 0.3 is 0 Å². The molecule has 1 aromatic rings. The van der Waals surface area contributed by atoms with E-state index < -0.39 is 5.82 Å². The summed E-state index contributed by atoms with van der Waals surface area (Å²) in [5, 5.41) is 11.9. The number of benzene rings is 1. The zero-order valence-electron chi connectivity index (χ0n) is 6.97. The van der Waals surface area contributed by atoms with E-state index in [0.717, 1.165) is 13.0 Å². The van der Waals surface area contributed by atoms with E-state index in [1.807, 2.05) is 6.92 Å². The number of nitrogens with one attached hydrogen (secondary N) is 1. The van der Waals surface area contributed by atoms with Gasteiger partial charge in [-0.2, -0.15) is 0 Å². The van der Waals surface area contributed by atoms with Crippen LogP contribution in [0, 0.1) is 5.82 Å². The molecule has 0 bridgehead atoms. The summed E-state index contributed by atoms with van der Waals surface area (Å²) in [6.07, 6.45) is 0.989. The highest BCUT2D eigenvalue weighted by molar-refractivity contribution is 5.46. The number of phenols is 1. The number of hydrogen-bond donors (Lipinski definition) is 2. The molecule has 0 saturated heterocycles. The summed E-state index contributed by atoms with van der Waals surface area (Å²) in [4.78, 5) is 0. The van der Waals surface area contributed by atoms with Crippen LogP contribution in [-0.4, -0.2) is 11.7 Å². The molecule has 0 unspecified atom stereocenters. The maximum atomic E-state index is 12.7. The number of hydrogen-bond acceptors (Lipinski definition) is 2. The lowest BCUT2D eigenvalue weighted by atomic mass is 10.3. The van der Waals surface area contributed by atoms with Crippen LogP contribution in [-0.2, 0) is 0 Å². The highest BCUT2D eigenvalue weighted by Crippen LogP contribution is 2.18. The predicted octanol–water partition coefficient (Wildman–Crippen LogP) is 2.35. The standard InChI is InChI=1S/C9H12FNO/c1-2-5-11-7-3-4-9(12)8(10)6-7/h3-4,6,11-12H,2,5H2,1H3. The van der Waals surface area contributed by atoms with Crippen molar-refractivity contribution in [2.45, 2.75) is 13.3 Å². The van der Waals surface area contributed by atoms with Gasteiger partial charge in [-0.3, -0.25) is 0 Å². The minimum Gasteiger partial charge on any atom is -0.505 e. The van der Waals surface area contributed by atoms with Crippen LogP contribution in [0.25, 0.3) is 0 Å². The topological polar surface area (TPSA) is 32.3 Å². The van der Waals surface area contributed by atoms with Crippen molar-refractivity contribution in [3.05, 3.63) is 24.0 Å². The first-order valence-corrected chi connectivity index (χ1v) is 3.96. The molecule has 66 valence electrons. The average molecular weight is 169 g/mol. The van der Waals surface area contributed by atoms with E-state index in [-0.39, 0.29) is 5.75 Å². The molecule has 1 rings (SSSR count). The van der Waals surface area contributed by atoms with Gasteiger partial charge in [-0.15, -0.1) is 0 Å². The second kappa shape index (κ2) is 3.95. The second-order valence-electron chi connectivity index (χ2n) is 2.59. The molecule has 0 aliphatic rings. The van der Waals surface area contributed by atoms with Gasteiger partial charge in [0.25, 0.3) is 0 Å². The second-order valence-corrected chi connectivity index (χ2v) is 2.59. The lowest BCUT2D eigenvalue weighted by Gasteiger charge is -2.04. The summed E-state index contributed by atoms with van der Waals surface area (Å²) in [5.41, 5.74) is 0.701. The van der Waals surface area contributed by atoms with E-state index in [1.54, 1.807) is 6.07 Å². The van der Waals surface area contributed by atoms with Crippen LogP contribution in [0.2, 0.25) is 0 Å². The summed E-state index contributed by atoms with van der Waals surface area (Å²) in [5.74, 6) is -0.895. The molecule has 0 amide bonds. The van der Waals surface area contributed by atoms with Gasteiger partial charge in [-0.25, -0.2) is 4.39 Å². The maximum absolute atomic E-state index is 12.7. The van der Waals surface area contributed by atoms with Crippen molar-refractivity contribution >= 4 is 5.69 Å². The average Bonchev–Trinajstić information content (AvgIpc) is 2.07. The van der Waals surface area contributed by atoms with Crippen molar-refractivity contribution in [3.63, 3.8) is 0 Å². The highest BCUT2D eigenvalue weighted by atomic mass is 19.1. The third-order valence-corrected chi connectivity index (χ3v) is 1.53. The van der Waals surface area contributed by atoms with E-state index in [0.29, 0.717) is 5.69 Å². The third-order valence-electron chi connectivity index (χ3n) is 1.53. The number of halogens is 1. The molecule has 3 heteroatoms. The van der Waals surface area contributed by atoms with E-state index in [1.165, 1.54) is 12.1 Å². The van der Waals surface area contributed by atoms with Crippen LogP contribution in [0.15, 0.2) is 18.2 Å². The Balaban J connectivity index is 2.69. The Labute approximate surface area is 71.0 Å². The molecule has 12 heavy (non-hydrogen) atoms.